The normalized spacial score (nSPS) is 10.7. The lowest BCUT2D eigenvalue weighted by Crippen LogP contribution is -2.10. The number of aromatic nitrogens is 4. The fourth-order valence-corrected chi connectivity index (χ4v) is 2.68. The first kappa shape index (κ1) is 14.1. The van der Waals surface area contributed by atoms with Crippen LogP contribution in [0.2, 0.25) is 0 Å². The van der Waals surface area contributed by atoms with Gasteiger partial charge in [0.2, 0.25) is 5.95 Å². The first-order valence-electron chi connectivity index (χ1n) is 6.13. The van der Waals surface area contributed by atoms with E-state index in [4.69, 9.17) is 11.0 Å². The van der Waals surface area contributed by atoms with Gasteiger partial charge in [0, 0.05) is 5.75 Å². The number of halogens is 1. The van der Waals surface area contributed by atoms with Crippen molar-refractivity contribution in [3.05, 3.63) is 45.5 Å². The van der Waals surface area contributed by atoms with Crippen LogP contribution >= 0.6 is 11.8 Å². The van der Waals surface area contributed by atoms with Gasteiger partial charge in [0.1, 0.15) is 11.9 Å². The third kappa shape index (κ3) is 2.64. The lowest BCUT2D eigenvalue weighted by molar-refractivity contribution is 0.623. The second kappa shape index (κ2) is 5.50. The highest BCUT2D eigenvalue weighted by atomic mass is 32.2. The molecule has 0 aliphatic rings. The SMILES string of the molecule is N#Cc1cc(CSc2nc3nc(N)[nH]c(=O)c3[nH]2)ccc1F. The topological polar surface area (TPSA) is 124 Å². The number of nitrogens with one attached hydrogen (secondary N) is 2. The lowest BCUT2D eigenvalue weighted by atomic mass is 10.1. The number of anilines is 1. The van der Waals surface area contributed by atoms with Crippen molar-refractivity contribution in [3.63, 3.8) is 0 Å². The maximum atomic E-state index is 13.2. The van der Waals surface area contributed by atoms with Gasteiger partial charge in [0.05, 0.1) is 5.56 Å². The standard InChI is InChI=1S/C13H9FN6OS/c14-8-2-1-6(3-7(8)4-15)5-22-13-17-9-10(19-13)18-12(16)20-11(9)21/h1-3H,5H2,(H4,16,17,18,19,20,21). The summed E-state index contributed by atoms with van der Waals surface area (Å²) in [7, 11) is 0. The van der Waals surface area contributed by atoms with Gasteiger partial charge in [0.15, 0.2) is 16.3 Å². The number of aromatic amines is 2. The Morgan fingerprint density at radius 2 is 2.18 bits per heavy atom. The van der Waals surface area contributed by atoms with Crippen LogP contribution in [0.5, 0.6) is 0 Å². The van der Waals surface area contributed by atoms with Gasteiger partial charge in [-0.15, -0.1) is 0 Å². The fourth-order valence-electron chi connectivity index (χ4n) is 1.87. The molecule has 0 aliphatic heterocycles. The number of hydrogen-bond donors (Lipinski definition) is 3. The van der Waals surface area contributed by atoms with Crippen molar-refractivity contribution in [1.29, 1.82) is 5.26 Å². The van der Waals surface area contributed by atoms with Gasteiger partial charge >= 0.3 is 0 Å². The third-order valence-corrected chi connectivity index (χ3v) is 3.83. The number of thioether (sulfide) groups is 1. The van der Waals surface area contributed by atoms with Crippen molar-refractivity contribution in [2.75, 3.05) is 5.73 Å². The van der Waals surface area contributed by atoms with E-state index in [1.165, 1.54) is 23.9 Å². The van der Waals surface area contributed by atoms with E-state index in [9.17, 15) is 9.18 Å². The van der Waals surface area contributed by atoms with Crippen LogP contribution in [-0.4, -0.2) is 19.9 Å². The molecule has 2 aromatic heterocycles. The molecule has 2 heterocycles. The minimum atomic E-state index is -0.550. The summed E-state index contributed by atoms with van der Waals surface area (Å²) >= 11 is 1.31. The first-order chi connectivity index (χ1) is 10.6. The molecule has 0 atom stereocenters. The van der Waals surface area contributed by atoms with Crippen molar-refractivity contribution < 1.29 is 4.39 Å². The van der Waals surface area contributed by atoms with E-state index in [0.717, 1.165) is 5.56 Å². The largest absolute Gasteiger partial charge is 0.369 e. The van der Waals surface area contributed by atoms with Crippen LogP contribution in [0.1, 0.15) is 11.1 Å². The van der Waals surface area contributed by atoms with Crippen molar-refractivity contribution in [2.24, 2.45) is 0 Å². The predicted molar refractivity (Wildman–Crippen MR) is 79.6 cm³/mol. The molecule has 0 radical (unpaired) electrons. The summed E-state index contributed by atoms with van der Waals surface area (Å²) in [5.41, 5.74) is 6.30. The second-order valence-electron chi connectivity index (χ2n) is 4.41. The Morgan fingerprint density at radius 3 is 2.95 bits per heavy atom. The van der Waals surface area contributed by atoms with E-state index in [2.05, 4.69) is 19.9 Å². The molecule has 0 unspecified atom stereocenters. The molecular formula is C13H9FN6OS. The molecule has 0 saturated heterocycles. The Balaban J connectivity index is 1.84. The number of hydrogen-bond acceptors (Lipinski definition) is 6. The maximum absolute atomic E-state index is 13.2. The highest BCUT2D eigenvalue weighted by molar-refractivity contribution is 7.98. The summed E-state index contributed by atoms with van der Waals surface area (Å²) in [5, 5.41) is 9.29. The molecule has 7 nitrogen and oxygen atoms in total. The number of benzene rings is 1. The molecule has 0 aliphatic carbocycles. The van der Waals surface area contributed by atoms with Crippen molar-refractivity contribution in [1.82, 2.24) is 19.9 Å². The van der Waals surface area contributed by atoms with Crippen LogP contribution in [0.15, 0.2) is 28.2 Å². The van der Waals surface area contributed by atoms with Gasteiger partial charge in [-0.2, -0.15) is 10.2 Å². The summed E-state index contributed by atoms with van der Waals surface area (Å²) in [6.45, 7) is 0. The van der Waals surface area contributed by atoms with Crippen LogP contribution in [0, 0.1) is 17.1 Å². The molecule has 0 amide bonds. The van der Waals surface area contributed by atoms with Crippen molar-refractivity contribution >= 4 is 28.9 Å². The molecule has 0 saturated carbocycles. The quantitative estimate of drug-likeness (QED) is 0.629. The Bertz CT molecular complexity index is 957. The van der Waals surface area contributed by atoms with E-state index >= 15 is 0 Å². The molecule has 0 spiro atoms. The van der Waals surface area contributed by atoms with E-state index in [1.807, 2.05) is 0 Å². The zero-order valence-electron chi connectivity index (χ0n) is 11.1. The zero-order valence-corrected chi connectivity index (χ0v) is 11.9. The van der Waals surface area contributed by atoms with E-state index in [0.29, 0.717) is 10.9 Å². The van der Waals surface area contributed by atoms with Crippen LogP contribution < -0.4 is 11.3 Å². The number of imidazole rings is 1. The smallest absolute Gasteiger partial charge is 0.278 e. The minimum absolute atomic E-state index is 0.00209. The zero-order chi connectivity index (χ0) is 15.7. The average molecular weight is 316 g/mol. The maximum Gasteiger partial charge on any atom is 0.278 e. The third-order valence-electron chi connectivity index (χ3n) is 2.88. The van der Waals surface area contributed by atoms with Crippen molar-refractivity contribution in [2.45, 2.75) is 10.9 Å². The molecule has 0 fully saturated rings. The molecular weight excluding hydrogens is 307 g/mol. The second-order valence-corrected chi connectivity index (χ2v) is 5.37. The summed E-state index contributed by atoms with van der Waals surface area (Å²) in [6, 6.07) is 6.11. The highest BCUT2D eigenvalue weighted by Gasteiger charge is 2.10. The first-order valence-corrected chi connectivity index (χ1v) is 7.12. The fraction of sp³-hybridized carbons (Fsp3) is 0.0769. The summed E-state index contributed by atoms with van der Waals surface area (Å²) in [5.74, 6) is -0.0914. The molecule has 4 N–H and O–H groups in total. The van der Waals surface area contributed by atoms with E-state index in [1.54, 1.807) is 12.1 Å². The Hall–Kier alpha value is -2.86. The number of nitrogens with two attached hydrogens (primary N) is 1. The molecule has 1 aromatic carbocycles. The summed E-state index contributed by atoms with van der Waals surface area (Å²) < 4.78 is 13.2. The number of nitrogen functional groups attached to an aromatic ring is 1. The van der Waals surface area contributed by atoms with Crippen LogP contribution in [-0.2, 0) is 5.75 Å². The van der Waals surface area contributed by atoms with Gasteiger partial charge in [-0.05, 0) is 17.7 Å². The minimum Gasteiger partial charge on any atom is -0.369 e. The van der Waals surface area contributed by atoms with Gasteiger partial charge in [-0.3, -0.25) is 9.78 Å². The Morgan fingerprint density at radius 1 is 1.36 bits per heavy atom. The summed E-state index contributed by atoms with van der Waals surface area (Å²) in [4.78, 5) is 25.0. The van der Waals surface area contributed by atoms with Gasteiger partial charge in [0.25, 0.3) is 5.56 Å². The van der Waals surface area contributed by atoms with Gasteiger partial charge in [-0.25, -0.2) is 9.37 Å². The highest BCUT2D eigenvalue weighted by Crippen LogP contribution is 2.22. The van der Waals surface area contributed by atoms with Crippen molar-refractivity contribution in [3.8, 4) is 6.07 Å². The van der Waals surface area contributed by atoms with Crippen LogP contribution in [0.3, 0.4) is 0 Å². The number of nitrogens with zero attached hydrogens (tertiary/aromatic N) is 3. The summed E-state index contributed by atoms with van der Waals surface area (Å²) in [6.07, 6.45) is 0. The Labute approximate surface area is 127 Å². The molecule has 9 heteroatoms. The molecule has 22 heavy (non-hydrogen) atoms. The van der Waals surface area contributed by atoms with Crippen LogP contribution in [0.25, 0.3) is 11.2 Å². The number of fused-ring (bicyclic) bond motifs is 1. The lowest BCUT2D eigenvalue weighted by Gasteiger charge is -2.00. The number of H-pyrrole nitrogens is 2. The molecule has 110 valence electrons. The predicted octanol–water partition coefficient (Wildman–Crippen LogP) is 1.53. The Kier molecular flexibility index (Phi) is 3.52. The van der Waals surface area contributed by atoms with Crippen LogP contribution in [0.4, 0.5) is 10.3 Å². The molecule has 3 rings (SSSR count). The average Bonchev–Trinajstić information content (AvgIpc) is 2.89. The molecule has 3 aromatic rings. The van der Waals surface area contributed by atoms with Gasteiger partial charge < -0.3 is 10.7 Å². The number of nitriles is 1. The molecule has 0 bridgehead atoms. The number of rotatable bonds is 3. The van der Waals surface area contributed by atoms with E-state index in [-0.39, 0.29) is 22.7 Å². The van der Waals surface area contributed by atoms with Gasteiger partial charge in [-0.1, -0.05) is 17.8 Å². The monoisotopic (exact) mass is 316 g/mol. The van der Waals surface area contributed by atoms with E-state index < -0.39 is 11.4 Å².